The van der Waals surface area contributed by atoms with Crippen LogP contribution in [0.1, 0.15) is 64.2 Å². The first-order valence-corrected chi connectivity index (χ1v) is 10.1. The van der Waals surface area contributed by atoms with E-state index >= 15 is 0 Å². The Bertz CT molecular complexity index is 659. The van der Waals surface area contributed by atoms with Crippen LogP contribution in [0.15, 0.2) is 24.3 Å². The van der Waals surface area contributed by atoms with Crippen LogP contribution in [0.2, 0.25) is 0 Å². The molecule has 1 atom stereocenters. The number of rotatable bonds is 5. The number of hydrogen-bond acceptors (Lipinski definition) is 3. The zero-order valence-corrected chi connectivity index (χ0v) is 17.6. The van der Waals surface area contributed by atoms with Crippen molar-refractivity contribution in [2.75, 3.05) is 13.1 Å². The number of carbonyl (C=O) groups excluding carboxylic acids is 2. The Hall–Kier alpha value is -2.11. The molecule has 1 N–H and O–H groups in total. The normalized spacial score (nSPS) is 16.8. The van der Waals surface area contributed by atoms with Gasteiger partial charge in [0.2, 0.25) is 0 Å². The van der Waals surface area contributed by atoms with E-state index < -0.39 is 5.60 Å². The highest BCUT2D eigenvalue weighted by molar-refractivity contribution is 5.94. The summed E-state index contributed by atoms with van der Waals surface area (Å²) in [4.78, 5) is 26.6. The van der Waals surface area contributed by atoms with Crippen molar-refractivity contribution in [1.29, 1.82) is 0 Å². The third-order valence-corrected chi connectivity index (χ3v) is 4.91. The molecule has 1 heterocycles. The second-order valence-electron chi connectivity index (χ2n) is 9.02. The second kappa shape index (κ2) is 9.39. The molecule has 0 bridgehead atoms. The number of likely N-dealkylation sites (tertiary alicyclic amines) is 1. The molecule has 1 aliphatic heterocycles. The highest BCUT2D eigenvalue weighted by Crippen LogP contribution is 2.26. The van der Waals surface area contributed by atoms with Crippen molar-refractivity contribution in [2.45, 2.75) is 65.5 Å². The topological polar surface area (TPSA) is 58.6 Å². The summed E-state index contributed by atoms with van der Waals surface area (Å²) in [5.74, 6) is 0.193. The van der Waals surface area contributed by atoms with Gasteiger partial charge in [0.15, 0.2) is 0 Å². The number of nitrogens with zero attached hydrogens (tertiary/aromatic N) is 1. The van der Waals surface area contributed by atoms with Crippen molar-refractivity contribution in [2.24, 2.45) is 11.8 Å². The maximum Gasteiger partial charge on any atom is 0.410 e. The fourth-order valence-corrected chi connectivity index (χ4v) is 3.54. The summed E-state index contributed by atoms with van der Waals surface area (Å²) in [6.45, 7) is 11.1. The number of ether oxygens (including phenoxy) is 1. The zero-order valence-electron chi connectivity index (χ0n) is 17.6. The number of piperidine rings is 1. The van der Waals surface area contributed by atoms with Crippen LogP contribution >= 0.6 is 0 Å². The van der Waals surface area contributed by atoms with Crippen molar-refractivity contribution < 1.29 is 18.7 Å². The molecule has 6 heteroatoms. The first kappa shape index (κ1) is 22.2. The summed E-state index contributed by atoms with van der Waals surface area (Å²) < 4.78 is 18.6. The fraction of sp³-hybridized carbons (Fsp3) is 0.636. The largest absolute Gasteiger partial charge is 0.444 e. The van der Waals surface area contributed by atoms with Gasteiger partial charge >= 0.3 is 6.09 Å². The van der Waals surface area contributed by atoms with Gasteiger partial charge in [-0.2, -0.15) is 0 Å². The first-order valence-electron chi connectivity index (χ1n) is 10.1. The predicted octanol–water partition coefficient (Wildman–Crippen LogP) is 4.62. The lowest BCUT2D eigenvalue weighted by molar-refractivity contribution is 0.0164. The third kappa shape index (κ3) is 6.80. The van der Waals surface area contributed by atoms with Crippen LogP contribution in [0, 0.1) is 17.7 Å². The molecule has 0 aromatic heterocycles. The average molecular weight is 393 g/mol. The standard InChI is InChI=1S/C22H33FN2O3/c1-15(2)14-19(24-20(26)17-6-8-18(23)9-7-17)16-10-12-25(13-11-16)21(27)28-22(3,4)5/h6-9,15-16,19H,10-14H2,1-5H3,(H,24,26). The molecule has 0 spiro atoms. The highest BCUT2D eigenvalue weighted by atomic mass is 19.1. The molecule has 1 aromatic rings. The van der Waals surface area contributed by atoms with Gasteiger partial charge in [0.25, 0.3) is 5.91 Å². The molecule has 1 aliphatic rings. The first-order chi connectivity index (χ1) is 13.0. The summed E-state index contributed by atoms with van der Waals surface area (Å²) >= 11 is 0. The van der Waals surface area contributed by atoms with E-state index in [2.05, 4.69) is 19.2 Å². The summed E-state index contributed by atoms with van der Waals surface area (Å²) in [5, 5.41) is 3.14. The van der Waals surface area contributed by atoms with Gasteiger partial charge in [0, 0.05) is 24.7 Å². The lowest BCUT2D eigenvalue weighted by Crippen LogP contribution is -2.48. The number of hydrogen-bond donors (Lipinski definition) is 1. The predicted molar refractivity (Wildman–Crippen MR) is 108 cm³/mol. The monoisotopic (exact) mass is 392 g/mol. The second-order valence-corrected chi connectivity index (χ2v) is 9.02. The van der Waals surface area contributed by atoms with Crippen molar-refractivity contribution >= 4 is 12.0 Å². The van der Waals surface area contributed by atoms with Crippen molar-refractivity contribution in [1.82, 2.24) is 10.2 Å². The molecule has 0 aliphatic carbocycles. The van der Waals surface area contributed by atoms with E-state index in [4.69, 9.17) is 4.74 Å². The Morgan fingerprint density at radius 2 is 1.75 bits per heavy atom. The van der Waals surface area contributed by atoms with E-state index in [0.29, 0.717) is 30.5 Å². The molecule has 0 saturated carbocycles. The van der Waals surface area contributed by atoms with Gasteiger partial charge in [-0.3, -0.25) is 4.79 Å². The number of nitrogens with one attached hydrogen (secondary N) is 1. The minimum absolute atomic E-state index is 0.0262. The number of halogens is 1. The lowest BCUT2D eigenvalue weighted by Gasteiger charge is -2.37. The van der Waals surface area contributed by atoms with Crippen LogP contribution in [-0.2, 0) is 4.74 Å². The van der Waals surface area contributed by atoms with Gasteiger partial charge in [0.05, 0.1) is 0 Å². The molecule has 2 amide bonds. The Morgan fingerprint density at radius 1 is 1.18 bits per heavy atom. The number of carbonyl (C=O) groups is 2. The SMILES string of the molecule is CC(C)CC(NC(=O)c1ccc(F)cc1)C1CCN(C(=O)OC(C)(C)C)CC1. The summed E-state index contributed by atoms with van der Waals surface area (Å²) in [6.07, 6.45) is 2.23. The van der Waals surface area contributed by atoms with Gasteiger partial charge in [-0.1, -0.05) is 13.8 Å². The molecule has 28 heavy (non-hydrogen) atoms. The average Bonchev–Trinajstić information content (AvgIpc) is 2.60. The zero-order chi connectivity index (χ0) is 20.9. The molecule has 1 fully saturated rings. The Labute approximate surface area is 167 Å². The van der Waals surface area contributed by atoms with E-state index in [9.17, 15) is 14.0 Å². The molecule has 5 nitrogen and oxygen atoms in total. The van der Waals surface area contributed by atoms with Crippen LogP contribution in [0.3, 0.4) is 0 Å². The minimum Gasteiger partial charge on any atom is -0.444 e. The molecule has 2 rings (SSSR count). The smallest absolute Gasteiger partial charge is 0.410 e. The van der Waals surface area contributed by atoms with Crippen LogP contribution in [0.4, 0.5) is 9.18 Å². The molecular formula is C22H33FN2O3. The fourth-order valence-electron chi connectivity index (χ4n) is 3.54. The Morgan fingerprint density at radius 3 is 2.25 bits per heavy atom. The Balaban J connectivity index is 1.97. The summed E-state index contributed by atoms with van der Waals surface area (Å²) in [7, 11) is 0. The van der Waals surface area contributed by atoms with Gasteiger partial charge in [0.1, 0.15) is 11.4 Å². The van der Waals surface area contributed by atoms with Crippen molar-refractivity contribution in [3.8, 4) is 0 Å². The quantitative estimate of drug-likeness (QED) is 0.796. The van der Waals surface area contributed by atoms with Gasteiger partial charge < -0.3 is 15.0 Å². The third-order valence-electron chi connectivity index (χ3n) is 4.91. The van der Waals surface area contributed by atoms with Crippen LogP contribution in [0.5, 0.6) is 0 Å². The van der Waals surface area contributed by atoms with Crippen molar-refractivity contribution in [3.63, 3.8) is 0 Å². The van der Waals surface area contributed by atoms with E-state index in [0.717, 1.165) is 19.3 Å². The molecule has 156 valence electrons. The minimum atomic E-state index is -0.503. The summed E-state index contributed by atoms with van der Waals surface area (Å²) in [6, 6.07) is 5.63. The van der Waals surface area contributed by atoms with E-state index in [1.807, 2.05) is 20.8 Å². The van der Waals surface area contributed by atoms with Crippen LogP contribution in [-0.4, -0.2) is 41.6 Å². The van der Waals surface area contributed by atoms with Gasteiger partial charge in [-0.05, 0) is 76.1 Å². The highest BCUT2D eigenvalue weighted by Gasteiger charge is 2.31. The summed E-state index contributed by atoms with van der Waals surface area (Å²) in [5.41, 5.74) is -0.0432. The lowest BCUT2D eigenvalue weighted by atomic mass is 9.85. The maximum atomic E-state index is 13.1. The van der Waals surface area contributed by atoms with Crippen LogP contribution in [0.25, 0.3) is 0 Å². The van der Waals surface area contributed by atoms with E-state index in [-0.39, 0.29) is 23.9 Å². The van der Waals surface area contributed by atoms with Gasteiger partial charge in [-0.15, -0.1) is 0 Å². The molecule has 0 radical (unpaired) electrons. The number of benzene rings is 1. The van der Waals surface area contributed by atoms with Crippen molar-refractivity contribution in [3.05, 3.63) is 35.6 Å². The number of amides is 2. The molecular weight excluding hydrogens is 359 g/mol. The van der Waals surface area contributed by atoms with Crippen LogP contribution < -0.4 is 5.32 Å². The molecule has 1 aromatic carbocycles. The molecule has 1 unspecified atom stereocenters. The van der Waals surface area contributed by atoms with Gasteiger partial charge in [-0.25, -0.2) is 9.18 Å². The Kier molecular flexibility index (Phi) is 7.44. The molecule has 1 saturated heterocycles. The maximum absolute atomic E-state index is 13.1. The van der Waals surface area contributed by atoms with E-state index in [1.165, 1.54) is 24.3 Å². The van der Waals surface area contributed by atoms with E-state index in [1.54, 1.807) is 4.90 Å².